The summed E-state index contributed by atoms with van der Waals surface area (Å²) in [6.07, 6.45) is 7.62. The second-order valence-corrected chi connectivity index (χ2v) is 5.16. The van der Waals surface area contributed by atoms with Crippen molar-refractivity contribution < 1.29 is 9.53 Å². The van der Waals surface area contributed by atoms with Crippen LogP contribution < -0.4 is 0 Å². The van der Waals surface area contributed by atoms with Gasteiger partial charge in [-0.15, -0.1) is 0 Å². The fourth-order valence-electron chi connectivity index (χ4n) is 2.57. The van der Waals surface area contributed by atoms with E-state index in [0.29, 0.717) is 6.10 Å². The number of benzene rings is 1. The van der Waals surface area contributed by atoms with Crippen molar-refractivity contribution in [3.63, 3.8) is 0 Å². The summed E-state index contributed by atoms with van der Waals surface area (Å²) in [4.78, 5) is 12.1. The third-order valence-electron chi connectivity index (χ3n) is 3.70. The monoisotopic (exact) mass is 246 g/mol. The molecule has 0 bridgehead atoms. The summed E-state index contributed by atoms with van der Waals surface area (Å²) in [5, 5.41) is 0. The van der Waals surface area contributed by atoms with Gasteiger partial charge in [-0.2, -0.15) is 0 Å². The molecule has 1 aliphatic carbocycles. The Morgan fingerprint density at radius 1 is 1.17 bits per heavy atom. The molecule has 0 aliphatic heterocycles. The third-order valence-corrected chi connectivity index (χ3v) is 3.70. The molecular weight excluding hydrogens is 224 g/mol. The summed E-state index contributed by atoms with van der Waals surface area (Å²) < 4.78 is 5.78. The summed E-state index contributed by atoms with van der Waals surface area (Å²) in [5.74, 6) is 0.109. The number of hydrogen-bond donors (Lipinski definition) is 0. The Hall–Kier alpha value is -1.15. The molecule has 2 heteroatoms. The fraction of sp³-hybridized carbons (Fsp3) is 0.562. The van der Waals surface area contributed by atoms with Gasteiger partial charge in [0.05, 0.1) is 6.10 Å². The lowest BCUT2D eigenvalue weighted by atomic mass is 10.1. The zero-order valence-corrected chi connectivity index (χ0v) is 11.2. The highest BCUT2D eigenvalue weighted by atomic mass is 16.5. The Morgan fingerprint density at radius 2 is 1.83 bits per heavy atom. The first-order chi connectivity index (χ1) is 8.77. The Labute approximate surface area is 109 Å². The maximum Gasteiger partial charge on any atom is 0.188 e. The van der Waals surface area contributed by atoms with Crippen LogP contribution in [0, 0.1) is 6.92 Å². The van der Waals surface area contributed by atoms with Gasteiger partial charge < -0.3 is 4.74 Å². The Bertz CT molecular complexity index is 390. The van der Waals surface area contributed by atoms with Crippen LogP contribution in [0.5, 0.6) is 0 Å². The second-order valence-electron chi connectivity index (χ2n) is 5.16. The van der Waals surface area contributed by atoms with Gasteiger partial charge in [0.15, 0.2) is 5.78 Å². The van der Waals surface area contributed by atoms with E-state index in [9.17, 15) is 4.79 Å². The molecule has 1 aliphatic rings. The average Bonchev–Trinajstić information content (AvgIpc) is 2.65. The summed E-state index contributed by atoms with van der Waals surface area (Å²) in [7, 11) is 0. The highest BCUT2D eigenvalue weighted by Gasteiger charge is 2.15. The van der Waals surface area contributed by atoms with Gasteiger partial charge in [0.2, 0.25) is 0 Å². The van der Waals surface area contributed by atoms with Crippen LogP contribution in [0.4, 0.5) is 0 Å². The number of hydrogen-bond acceptors (Lipinski definition) is 2. The third kappa shape index (κ3) is 3.67. The van der Waals surface area contributed by atoms with Gasteiger partial charge >= 0.3 is 0 Å². The molecule has 1 fully saturated rings. The van der Waals surface area contributed by atoms with E-state index in [1.54, 1.807) is 0 Å². The molecule has 2 nitrogen and oxygen atoms in total. The predicted molar refractivity (Wildman–Crippen MR) is 73.0 cm³/mol. The standard InChI is InChI=1S/C16H22O2/c1-13-8-6-7-11-15(13)16(17)12-18-14-9-4-2-3-5-10-14/h6-8,11,14H,2-5,9-10,12H2,1H3. The van der Waals surface area contributed by atoms with E-state index in [1.807, 2.05) is 31.2 Å². The number of aryl methyl sites for hydroxylation is 1. The first-order valence-corrected chi connectivity index (χ1v) is 6.98. The molecule has 1 aromatic rings. The van der Waals surface area contributed by atoms with Crippen LogP contribution >= 0.6 is 0 Å². The van der Waals surface area contributed by atoms with Gasteiger partial charge in [-0.05, 0) is 25.3 Å². The van der Waals surface area contributed by atoms with E-state index in [1.165, 1.54) is 25.7 Å². The molecule has 0 radical (unpaired) electrons. The minimum absolute atomic E-state index is 0.109. The van der Waals surface area contributed by atoms with Crippen LogP contribution in [0.2, 0.25) is 0 Å². The lowest BCUT2D eigenvalue weighted by molar-refractivity contribution is 0.0388. The minimum atomic E-state index is 0.109. The number of rotatable bonds is 4. The van der Waals surface area contributed by atoms with Crippen LogP contribution in [0.3, 0.4) is 0 Å². The molecule has 0 unspecified atom stereocenters. The molecule has 0 N–H and O–H groups in total. The first kappa shape index (κ1) is 13.3. The van der Waals surface area contributed by atoms with E-state index < -0.39 is 0 Å². The van der Waals surface area contributed by atoms with Gasteiger partial charge in [-0.25, -0.2) is 0 Å². The van der Waals surface area contributed by atoms with Crippen LogP contribution in [0.15, 0.2) is 24.3 Å². The molecule has 18 heavy (non-hydrogen) atoms. The van der Waals surface area contributed by atoms with Crippen LogP contribution in [-0.4, -0.2) is 18.5 Å². The van der Waals surface area contributed by atoms with E-state index >= 15 is 0 Å². The van der Waals surface area contributed by atoms with Crippen LogP contribution in [0.1, 0.15) is 54.4 Å². The van der Waals surface area contributed by atoms with Gasteiger partial charge in [0, 0.05) is 5.56 Å². The highest BCUT2D eigenvalue weighted by Crippen LogP contribution is 2.20. The van der Waals surface area contributed by atoms with Crippen molar-refractivity contribution in [1.29, 1.82) is 0 Å². The number of ether oxygens (including phenoxy) is 1. The number of carbonyl (C=O) groups excluding carboxylic acids is 1. The molecule has 1 aromatic carbocycles. The molecular formula is C16H22O2. The maximum absolute atomic E-state index is 12.1. The largest absolute Gasteiger partial charge is 0.370 e. The maximum atomic E-state index is 12.1. The van der Waals surface area contributed by atoms with Crippen molar-refractivity contribution in [2.24, 2.45) is 0 Å². The summed E-state index contributed by atoms with van der Waals surface area (Å²) in [6.45, 7) is 2.20. The first-order valence-electron chi connectivity index (χ1n) is 6.98. The quantitative estimate of drug-likeness (QED) is 0.594. The van der Waals surface area contributed by atoms with Crippen LogP contribution in [-0.2, 0) is 4.74 Å². The van der Waals surface area contributed by atoms with E-state index in [0.717, 1.165) is 24.0 Å². The summed E-state index contributed by atoms with van der Waals surface area (Å²) >= 11 is 0. The smallest absolute Gasteiger partial charge is 0.188 e. The average molecular weight is 246 g/mol. The lowest BCUT2D eigenvalue weighted by Crippen LogP contribution is -2.18. The van der Waals surface area contributed by atoms with Crippen molar-refractivity contribution >= 4 is 5.78 Å². The molecule has 0 spiro atoms. The molecule has 0 heterocycles. The van der Waals surface area contributed by atoms with Crippen molar-refractivity contribution in [2.75, 3.05) is 6.61 Å². The number of ketones is 1. The van der Waals surface area contributed by atoms with Crippen molar-refractivity contribution in [3.8, 4) is 0 Å². The van der Waals surface area contributed by atoms with Gasteiger partial charge in [0.25, 0.3) is 0 Å². The minimum Gasteiger partial charge on any atom is -0.370 e. The second kappa shape index (κ2) is 6.69. The van der Waals surface area contributed by atoms with Crippen molar-refractivity contribution in [2.45, 2.75) is 51.6 Å². The molecule has 98 valence electrons. The summed E-state index contributed by atoms with van der Waals surface area (Å²) in [6, 6.07) is 7.72. The van der Waals surface area contributed by atoms with Gasteiger partial charge in [-0.1, -0.05) is 49.9 Å². The van der Waals surface area contributed by atoms with E-state index in [4.69, 9.17) is 4.74 Å². The Kier molecular flexibility index (Phi) is 4.94. The van der Waals surface area contributed by atoms with Gasteiger partial charge in [-0.3, -0.25) is 4.79 Å². The Morgan fingerprint density at radius 3 is 2.50 bits per heavy atom. The summed E-state index contributed by atoms with van der Waals surface area (Å²) in [5.41, 5.74) is 1.83. The predicted octanol–water partition coefficient (Wildman–Crippen LogP) is 3.92. The van der Waals surface area contributed by atoms with Crippen LogP contribution in [0.25, 0.3) is 0 Å². The normalized spacial score (nSPS) is 17.4. The van der Waals surface area contributed by atoms with Crippen molar-refractivity contribution in [3.05, 3.63) is 35.4 Å². The molecule has 2 rings (SSSR count). The SMILES string of the molecule is Cc1ccccc1C(=O)COC1CCCCCC1. The molecule has 0 aromatic heterocycles. The van der Waals surface area contributed by atoms with Crippen molar-refractivity contribution in [1.82, 2.24) is 0 Å². The lowest BCUT2D eigenvalue weighted by Gasteiger charge is -2.15. The fourth-order valence-corrected chi connectivity index (χ4v) is 2.57. The molecule has 0 amide bonds. The van der Waals surface area contributed by atoms with E-state index in [2.05, 4.69) is 0 Å². The molecule has 0 atom stereocenters. The number of Topliss-reactive ketones (excluding diaryl/α,β-unsaturated/α-hetero) is 1. The Balaban J connectivity index is 1.86. The number of carbonyl (C=O) groups is 1. The zero-order valence-electron chi connectivity index (χ0n) is 11.2. The van der Waals surface area contributed by atoms with Gasteiger partial charge in [0.1, 0.15) is 6.61 Å². The topological polar surface area (TPSA) is 26.3 Å². The van der Waals surface area contributed by atoms with E-state index in [-0.39, 0.29) is 12.4 Å². The zero-order chi connectivity index (χ0) is 12.8. The molecule has 1 saturated carbocycles. The highest BCUT2D eigenvalue weighted by molar-refractivity contribution is 5.98. The molecule has 0 saturated heterocycles.